The first-order chi connectivity index (χ1) is 14.4. The van der Waals surface area contributed by atoms with Gasteiger partial charge in [0.2, 0.25) is 5.78 Å². The highest BCUT2D eigenvalue weighted by Crippen LogP contribution is 2.67. The summed E-state index contributed by atoms with van der Waals surface area (Å²) in [6, 6.07) is 0. The molecule has 170 valence electrons. The summed E-state index contributed by atoms with van der Waals surface area (Å²) >= 11 is 0. The normalized spacial score (nSPS) is 41.6. The summed E-state index contributed by atoms with van der Waals surface area (Å²) in [7, 11) is -0.243. The fourth-order valence-corrected chi connectivity index (χ4v) is 8.36. The van der Waals surface area contributed by atoms with Crippen molar-refractivity contribution in [1.82, 2.24) is 0 Å². The van der Waals surface area contributed by atoms with Crippen molar-refractivity contribution >= 4 is 14.1 Å². The van der Waals surface area contributed by atoms with E-state index in [1.54, 1.807) is 13.2 Å². The van der Waals surface area contributed by atoms with E-state index in [9.17, 15) is 4.79 Å². The third-order valence-corrected chi connectivity index (χ3v) is 14.2. The van der Waals surface area contributed by atoms with Gasteiger partial charge >= 0.3 is 0 Å². The zero-order valence-electron chi connectivity index (χ0n) is 20.3. The van der Waals surface area contributed by atoms with Gasteiger partial charge < -0.3 is 13.9 Å². The van der Waals surface area contributed by atoms with Crippen molar-refractivity contribution in [2.45, 2.75) is 102 Å². The first-order valence-electron chi connectivity index (χ1n) is 12.0. The van der Waals surface area contributed by atoms with Gasteiger partial charge in [-0.05, 0) is 91.8 Å². The lowest BCUT2D eigenvalue weighted by Gasteiger charge is -2.55. The van der Waals surface area contributed by atoms with Crippen LogP contribution < -0.4 is 0 Å². The summed E-state index contributed by atoms with van der Waals surface area (Å²) < 4.78 is 19.7. The molecule has 2 heterocycles. The first-order valence-corrected chi connectivity index (χ1v) is 14.9. The lowest BCUT2D eigenvalue weighted by molar-refractivity contribution is -0.135. The van der Waals surface area contributed by atoms with Crippen LogP contribution in [0.15, 0.2) is 35.1 Å². The van der Waals surface area contributed by atoms with Gasteiger partial charge in [0, 0.05) is 5.57 Å². The molecule has 2 bridgehead atoms. The number of ether oxygens (including phenoxy) is 2. The number of carbonyl (C=O) groups is 1. The van der Waals surface area contributed by atoms with E-state index < -0.39 is 13.9 Å². The number of hydrogen-bond donors (Lipinski definition) is 0. The van der Waals surface area contributed by atoms with Crippen molar-refractivity contribution in [3.05, 3.63) is 35.1 Å². The molecule has 5 heteroatoms. The zero-order chi connectivity index (χ0) is 22.4. The van der Waals surface area contributed by atoms with Crippen molar-refractivity contribution in [2.24, 2.45) is 11.3 Å². The smallest absolute Gasteiger partial charge is 0.220 e. The number of hydrogen-bond acceptors (Lipinski definition) is 4. The predicted molar refractivity (Wildman–Crippen MR) is 124 cm³/mol. The highest BCUT2D eigenvalue weighted by molar-refractivity contribution is 6.74. The van der Waals surface area contributed by atoms with E-state index in [2.05, 4.69) is 46.9 Å². The first kappa shape index (κ1) is 21.7. The average molecular weight is 443 g/mol. The second-order valence-corrected chi connectivity index (χ2v) is 17.0. The summed E-state index contributed by atoms with van der Waals surface area (Å²) in [6.07, 6.45) is 12.6. The molecule has 0 amide bonds. The van der Waals surface area contributed by atoms with Crippen LogP contribution in [0.4, 0.5) is 0 Å². The topological polar surface area (TPSA) is 44.8 Å². The summed E-state index contributed by atoms with van der Waals surface area (Å²) in [4.78, 5) is 12.4. The molecular weight excluding hydrogens is 404 g/mol. The fraction of sp³-hybridized carbons (Fsp3) is 0.731. The summed E-state index contributed by atoms with van der Waals surface area (Å²) in [5.41, 5.74) is 1.74. The van der Waals surface area contributed by atoms with Gasteiger partial charge in [-0.2, -0.15) is 0 Å². The molecule has 5 atom stereocenters. The minimum atomic E-state index is -1.84. The molecule has 5 aliphatic rings. The maximum Gasteiger partial charge on any atom is 0.220 e. The largest absolute Gasteiger partial charge is 0.492 e. The van der Waals surface area contributed by atoms with Gasteiger partial charge in [-0.1, -0.05) is 27.7 Å². The van der Waals surface area contributed by atoms with Gasteiger partial charge in [0.15, 0.2) is 14.1 Å². The van der Waals surface area contributed by atoms with Gasteiger partial charge in [-0.25, -0.2) is 0 Å². The maximum absolute atomic E-state index is 12.4. The molecule has 5 rings (SSSR count). The van der Waals surface area contributed by atoms with Gasteiger partial charge in [-0.3, -0.25) is 4.79 Å². The molecule has 0 aromatic rings. The number of rotatable bonds is 3. The molecule has 2 saturated carbocycles. The van der Waals surface area contributed by atoms with E-state index >= 15 is 0 Å². The quantitative estimate of drug-likeness (QED) is 0.514. The Labute approximate surface area is 188 Å². The minimum Gasteiger partial charge on any atom is -0.492 e. The van der Waals surface area contributed by atoms with E-state index in [-0.39, 0.29) is 21.8 Å². The average Bonchev–Trinajstić information content (AvgIpc) is 3.17. The number of methoxy groups -OCH3 is 1. The van der Waals surface area contributed by atoms with Crippen molar-refractivity contribution in [1.29, 1.82) is 0 Å². The third kappa shape index (κ3) is 2.75. The van der Waals surface area contributed by atoms with Gasteiger partial charge in [-0.15, -0.1) is 0 Å². The molecule has 31 heavy (non-hydrogen) atoms. The molecule has 0 aromatic heterocycles. The molecule has 0 aromatic carbocycles. The van der Waals surface area contributed by atoms with E-state index in [4.69, 9.17) is 13.9 Å². The molecule has 1 saturated heterocycles. The van der Waals surface area contributed by atoms with E-state index in [1.807, 2.05) is 6.08 Å². The van der Waals surface area contributed by atoms with Crippen LogP contribution in [0, 0.1) is 11.3 Å². The second-order valence-electron chi connectivity index (χ2n) is 12.2. The predicted octanol–water partition coefficient (Wildman–Crippen LogP) is 5.85. The van der Waals surface area contributed by atoms with E-state index in [1.165, 1.54) is 5.57 Å². The monoisotopic (exact) mass is 442 g/mol. The number of allylic oxidation sites excluding steroid dienone is 1. The molecule has 0 radical (unpaired) electrons. The number of carbonyl (C=O) groups excluding carboxylic acids is 1. The van der Waals surface area contributed by atoms with Crippen LogP contribution in [-0.4, -0.2) is 38.5 Å². The van der Waals surface area contributed by atoms with Crippen LogP contribution in [-0.2, 0) is 18.7 Å². The Bertz CT molecular complexity index is 922. The van der Waals surface area contributed by atoms with Crippen LogP contribution in [0.25, 0.3) is 0 Å². The molecule has 3 aliphatic carbocycles. The Morgan fingerprint density at radius 1 is 1.16 bits per heavy atom. The highest BCUT2D eigenvalue weighted by atomic mass is 28.4. The van der Waals surface area contributed by atoms with Crippen LogP contribution in [0.1, 0.15) is 66.2 Å². The van der Waals surface area contributed by atoms with E-state index in [0.717, 1.165) is 44.1 Å². The molecule has 0 unspecified atom stereocenters. The molecular formula is C26H38O4Si. The van der Waals surface area contributed by atoms with Gasteiger partial charge in [0.05, 0.1) is 18.8 Å². The Kier molecular flexibility index (Phi) is 4.51. The molecule has 4 nitrogen and oxygen atoms in total. The van der Waals surface area contributed by atoms with Crippen LogP contribution in [0.5, 0.6) is 0 Å². The Morgan fingerprint density at radius 2 is 1.90 bits per heavy atom. The van der Waals surface area contributed by atoms with Crippen molar-refractivity contribution in [3.8, 4) is 0 Å². The van der Waals surface area contributed by atoms with Crippen LogP contribution >= 0.6 is 0 Å². The minimum absolute atomic E-state index is 0.0488. The lowest BCUT2D eigenvalue weighted by atomic mass is 9.58. The highest BCUT2D eigenvalue weighted by Gasteiger charge is 2.67. The SMILES string of the molecule is COC1=C2C=C3CC[C@]4(C)[C@@H](O[Si](C)(C)C(C)(C)C)CC[C@H]4[C@@]34CC[C@]2(C=CC1=O)O4. The van der Waals surface area contributed by atoms with E-state index in [0.29, 0.717) is 17.8 Å². The van der Waals surface area contributed by atoms with Gasteiger partial charge in [0.1, 0.15) is 5.60 Å². The Morgan fingerprint density at radius 3 is 2.58 bits per heavy atom. The maximum atomic E-state index is 12.4. The Hall–Kier alpha value is -1.17. The standard InChI is InChI=1S/C26H38O4Si/c1-23(2,3)31(6,7)29-21-9-8-20-24(21,4)12-10-17-16-18-22(28-5)19(27)11-13-25(18)14-15-26(17,20)30-25/h11,13,16,20-21H,8-10,12,14-15H2,1-7H3/t20-,21+,24+,25+,26-/m1/s1. The molecule has 3 fully saturated rings. The molecule has 2 aliphatic heterocycles. The van der Waals surface area contributed by atoms with Crippen LogP contribution in [0.2, 0.25) is 18.1 Å². The Balaban J connectivity index is 1.53. The summed E-state index contributed by atoms with van der Waals surface area (Å²) in [5.74, 6) is 0.879. The van der Waals surface area contributed by atoms with Crippen molar-refractivity contribution in [3.63, 3.8) is 0 Å². The second kappa shape index (κ2) is 6.45. The van der Waals surface area contributed by atoms with Crippen molar-refractivity contribution in [2.75, 3.05) is 7.11 Å². The number of fused-ring (bicyclic) bond motifs is 1. The summed E-state index contributed by atoms with van der Waals surface area (Å²) in [6.45, 7) is 14.2. The molecule has 0 N–H and O–H groups in total. The zero-order valence-corrected chi connectivity index (χ0v) is 21.3. The number of ketones is 1. The summed E-state index contributed by atoms with van der Waals surface area (Å²) in [5, 5.41) is 0.216. The van der Waals surface area contributed by atoms with Crippen LogP contribution in [0.3, 0.4) is 0 Å². The lowest BCUT2D eigenvalue weighted by Crippen LogP contribution is -2.56. The van der Waals surface area contributed by atoms with Crippen molar-refractivity contribution < 1.29 is 18.7 Å². The third-order valence-electron chi connectivity index (χ3n) is 9.71. The van der Waals surface area contributed by atoms with Gasteiger partial charge in [0.25, 0.3) is 0 Å². The fourth-order valence-electron chi connectivity index (χ4n) is 6.91. The molecule has 2 spiro atoms.